The van der Waals surface area contributed by atoms with E-state index in [1.54, 1.807) is 0 Å². The number of carboxylic acid groups (broad SMARTS) is 1. The summed E-state index contributed by atoms with van der Waals surface area (Å²) in [5.74, 6) is -1.22. The van der Waals surface area contributed by atoms with Crippen LogP contribution in [0, 0.1) is 0 Å². The Morgan fingerprint density at radius 2 is 2.14 bits per heavy atom. The van der Waals surface area contributed by atoms with Crippen LogP contribution in [0.4, 0.5) is 0 Å². The molecule has 0 unspecified atom stereocenters. The maximum atomic E-state index is 12.1. The first-order chi connectivity index (χ1) is 10.0. The lowest BCUT2D eigenvalue weighted by Crippen LogP contribution is -2.44. The molecule has 0 amide bonds. The van der Waals surface area contributed by atoms with E-state index in [0.717, 1.165) is 44.1 Å². The van der Waals surface area contributed by atoms with E-state index in [1.807, 2.05) is 0 Å². The molecule has 2 heterocycles. The third-order valence-corrected chi connectivity index (χ3v) is 5.80. The predicted octanol–water partition coefficient (Wildman–Crippen LogP) is 0.0199. The molecule has 3 N–H and O–H groups in total. The van der Waals surface area contributed by atoms with Crippen LogP contribution in [0.5, 0.6) is 0 Å². The van der Waals surface area contributed by atoms with Crippen LogP contribution in [0.15, 0.2) is 16.3 Å². The Kier molecular flexibility index (Phi) is 5.71. The fourth-order valence-electron chi connectivity index (χ4n) is 2.19. The van der Waals surface area contributed by atoms with Crippen molar-refractivity contribution in [3.05, 3.63) is 16.3 Å². The molecule has 1 aliphatic heterocycles. The van der Waals surface area contributed by atoms with E-state index in [2.05, 4.69) is 14.9 Å². The van der Waals surface area contributed by atoms with Gasteiger partial charge in [-0.3, -0.25) is 0 Å². The summed E-state index contributed by atoms with van der Waals surface area (Å²) in [7, 11) is -3.75. The molecule has 1 aliphatic rings. The maximum absolute atomic E-state index is 12.1. The SMILES string of the molecule is O=C(O)c1sccc1S(=O)(=O)NCCCN1CCNCC1. The number of sulfonamides is 1. The number of hydrogen-bond donors (Lipinski definition) is 3. The van der Waals surface area contributed by atoms with Gasteiger partial charge in [-0.15, -0.1) is 11.3 Å². The van der Waals surface area contributed by atoms with Crippen LogP contribution in [0.1, 0.15) is 16.1 Å². The van der Waals surface area contributed by atoms with Gasteiger partial charge in [-0.25, -0.2) is 17.9 Å². The van der Waals surface area contributed by atoms with Crippen molar-refractivity contribution in [2.24, 2.45) is 0 Å². The normalized spacial score (nSPS) is 17.0. The van der Waals surface area contributed by atoms with Crippen LogP contribution in [0.3, 0.4) is 0 Å². The van der Waals surface area contributed by atoms with Crippen molar-refractivity contribution >= 4 is 27.3 Å². The number of carboxylic acids is 1. The van der Waals surface area contributed by atoms with Crippen molar-refractivity contribution in [3.8, 4) is 0 Å². The minimum absolute atomic E-state index is 0.149. The summed E-state index contributed by atoms with van der Waals surface area (Å²) in [5.41, 5.74) is 0. The highest BCUT2D eigenvalue weighted by molar-refractivity contribution is 7.89. The summed E-state index contributed by atoms with van der Waals surface area (Å²) in [5, 5.41) is 13.7. The van der Waals surface area contributed by atoms with Gasteiger partial charge in [-0.05, 0) is 24.4 Å². The van der Waals surface area contributed by atoms with Gasteiger partial charge in [0.25, 0.3) is 0 Å². The molecule has 9 heteroatoms. The molecule has 0 spiro atoms. The predicted molar refractivity (Wildman–Crippen MR) is 80.4 cm³/mol. The summed E-state index contributed by atoms with van der Waals surface area (Å²) in [6.45, 7) is 5.01. The standard InChI is InChI=1S/C12H19N3O4S2/c16-12(17)11-10(2-9-20-11)21(18,19)14-3-1-6-15-7-4-13-5-8-15/h2,9,13-14H,1,3-8H2,(H,16,17). The molecule has 1 fully saturated rings. The molecule has 0 atom stereocenters. The Hall–Kier alpha value is -1.00. The van der Waals surface area contributed by atoms with Crippen LogP contribution >= 0.6 is 11.3 Å². The van der Waals surface area contributed by atoms with E-state index < -0.39 is 16.0 Å². The van der Waals surface area contributed by atoms with Crippen LogP contribution in [0.25, 0.3) is 0 Å². The molecule has 21 heavy (non-hydrogen) atoms. The topological polar surface area (TPSA) is 98.7 Å². The van der Waals surface area contributed by atoms with Crippen molar-refractivity contribution in [2.45, 2.75) is 11.3 Å². The molecule has 7 nitrogen and oxygen atoms in total. The van der Waals surface area contributed by atoms with E-state index in [-0.39, 0.29) is 9.77 Å². The largest absolute Gasteiger partial charge is 0.477 e. The molecular weight excluding hydrogens is 314 g/mol. The van der Waals surface area contributed by atoms with Gasteiger partial charge in [0, 0.05) is 32.7 Å². The molecule has 0 bridgehead atoms. The van der Waals surface area contributed by atoms with Crippen molar-refractivity contribution in [3.63, 3.8) is 0 Å². The summed E-state index contributed by atoms with van der Waals surface area (Å²) in [4.78, 5) is 12.9. The van der Waals surface area contributed by atoms with Crippen LogP contribution in [0.2, 0.25) is 0 Å². The Balaban J connectivity index is 1.83. The Morgan fingerprint density at radius 1 is 1.43 bits per heavy atom. The second kappa shape index (κ2) is 7.32. The lowest BCUT2D eigenvalue weighted by atomic mass is 10.3. The molecule has 0 saturated carbocycles. The first-order valence-corrected chi connectivity index (χ1v) is 9.10. The fourth-order valence-corrected chi connectivity index (χ4v) is 4.52. The van der Waals surface area contributed by atoms with E-state index in [1.165, 1.54) is 11.4 Å². The zero-order valence-corrected chi connectivity index (χ0v) is 13.2. The first-order valence-electron chi connectivity index (χ1n) is 6.74. The van der Waals surface area contributed by atoms with Gasteiger partial charge in [0.1, 0.15) is 9.77 Å². The maximum Gasteiger partial charge on any atom is 0.347 e. The van der Waals surface area contributed by atoms with Crippen molar-refractivity contribution in [2.75, 3.05) is 39.3 Å². The second-order valence-corrected chi connectivity index (χ2v) is 7.41. The van der Waals surface area contributed by atoms with Gasteiger partial charge in [0.15, 0.2) is 0 Å². The minimum Gasteiger partial charge on any atom is -0.477 e. The quantitative estimate of drug-likeness (QED) is 0.609. The summed E-state index contributed by atoms with van der Waals surface area (Å²) >= 11 is 0.913. The second-order valence-electron chi connectivity index (χ2n) is 4.76. The highest BCUT2D eigenvalue weighted by atomic mass is 32.2. The third kappa shape index (κ3) is 4.48. The highest BCUT2D eigenvalue weighted by Gasteiger charge is 2.23. The average molecular weight is 333 g/mol. The van der Waals surface area contributed by atoms with Gasteiger partial charge in [0.2, 0.25) is 10.0 Å². The number of thiophene rings is 1. The molecule has 0 aliphatic carbocycles. The average Bonchev–Trinajstić information content (AvgIpc) is 2.95. The number of nitrogens with zero attached hydrogens (tertiary/aromatic N) is 1. The van der Waals surface area contributed by atoms with E-state index in [0.29, 0.717) is 13.0 Å². The highest BCUT2D eigenvalue weighted by Crippen LogP contribution is 2.21. The number of nitrogens with one attached hydrogen (secondary N) is 2. The molecule has 1 saturated heterocycles. The number of carbonyl (C=O) groups is 1. The minimum atomic E-state index is -3.75. The molecule has 0 aromatic carbocycles. The Bertz CT molecular complexity index is 579. The Labute approximate surface area is 128 Å². The lowest BCUT2D eigenvalue weighted by Gasteiger charge is -2.27. The number of aromatic carboxylic acids is 1. The van der Waals surface area contributed by atoms with Gasteiger partial charge < -0.3 is 15.3 Å². The molecule has 2 rings (SSSR count). The smallest absolute Gasteiger partial charge is 0.347 e. The summed E-state index contributed by atoms with van der Waals surface area (Å²) < 4.78 is 26.6. The fraction of sp³-hybridized carbons (Fsp3) is 0.583. The van der Waals surface area contributed by atoms with Crippen molar-refractivity contribution < 1.29 is 18.3 Å². The van der Waals surface area contributed by atoms with Crippen LogP contribution in [-0.4, -0.2) is 63.7 Å². The monoisotopic (exact) mass is 333 g/mol. The van der Waals surface area contributed by atoms with Crippen LogP contribution < -0.4 is 10.0 Å². The van der Waals surface area contributed by atoms with Gasteiger partial charge in [0.05, 0.1) is 0 Å². The summed E-state index contributed by atoms with van der Waals surface area (Å²) in [6, 6.07) is 1.33. The van der Waals surface area contributed by atoms with Gasteiger partial charge >= 0.3 is 5.97 Å². The van der Waals surface area contributed by atoms with Crippen molar-refractivity contribution in [1.29, 1.82) is 0 Å². The van der Waals surface area contributed by atoms with Crippen molar-refractivity contribution in [1.82, 2.24) is 14.9 Å². The van der Waals surface area contributed by atoms with Gasteiger partial charge in [-0.1, -0.05) is 0 Å². The van der Waals surface area contributed by atoms with Gasteiger partial charge in [-0.2, -0.15) is 0 Å². The van der Waals surface area contributed by atoms with Crippen LogP contribution in [-0.2, 0) is 10.0 Å². The number of rotatable bonds is 7. The molecule has 118 valence electrons. The molecular formula is C12H19N3O4S2. The van der Waals surface area contributed by atoms with E-state index in [9.17, 15) is 13.2 Å². The molecule has 1 aromatic rings. The Morgan fingerprint density at radius 3 is 2.81 bits per heavy atom. The number of hydrogen-bond acceptors (Lipinski definition) is 6. The third-order valence-electron chi connectivity index (χ3n) is 3.27. The zero-order valence-electron chi connectivity index (χ0n) is 11.5. The summed E-state index contributed by atoms with van der Waals surface area (Å²) in [6.07, 6.45) is 0.700. The lowest BCUT2D eigenvalue weighted by molar-refractivity contribution is 0.0698. The molecule has 0 radical (unpaired) electrons. The van der Waals surface area contributed by atoms with E-state index >= 15 is 0 Å². The first kappa shape index (κ1) is 16.4. The molecule has 1 aromatic heterocycles. The number of piperazine rings is 1. The van der Waals surface area contributed by atoms with E-state index in [4.69, 9.17) is 5.11 Å². The zero-order chi connectivity index (χ0) is 15.3.